The molecule has 1 aromatic heterocycles. The van der Waals surface area contributed by atoms with Gasteiger partial charge in [-0.1, -0.05) is 18.9 Å². The Morgan fingerprint density at radius 2 is 2.03 bits per heavy atom. The van der Waals surface area contributed by atoms with Gasteiger partial charge in [-0.05, 0) is 56.8 Å². The summed E-state index contributed by atoms with van der Waals surface area (Å²) in [5.41, 5.74) is 1.59. The number of carbonyl (C=O) groups is 1. The average molecular weight is 394 g/mol. The van der Waals surface area contributed by atoms with Gasteiger partial charge in [0.1, 0.15) is 11.4 Å². The van der Waals surface area contributed by atoms with Crippen molar-refractivity contribution < 1.29 is 9.18 Å². The molecular weight excluding hydrogens is 367 g/mol. The third-order valence-electron chi connectivity index (χ3n) is 7.90. The van der Waals surface area contributed by atoms with Gasteiger partial charge in [0.25, 0.3) is 0 Å². The van der Waals surface area contributed by atoms with Gasteiger partial charge in [0.05, 0.1) is 11.9 Å². The molecule has 1 saturated carbocycles. The van der Waals surface area contributed by atoms with Gasteiger partial charge in [0, 0.05) is 36.3 Å². The molecule has 6 heteroatoms. The van der Waals surface area contributed by atoms with Crippen molar-refractivity contribution in [2.45, 2.75) is 62.6 Å². The first-order valence-electron chi connectivity index (χ1n) is 11.1. The smallest absolute Gasteiger partial charge is 0.243 e. The Bertz CT molecular complexity index is 952. The second-order valence-corrected chi connectivity index (χ2v) is 9.26. The summed E-state index contributed by atoms with van der Waals surface area (Å²) in [6, 6.07) is 7.22. The van der Waals surface area contributed by atoms with Crippen LogP contribution in [-0.4, -0.2) is 50.2 Å². The van der Waals surface area contributed by atoms with Crippen molar-refractivity contribution in [3.05, 3.63) is 48.0 Å². The van der Waals surface area contributed by atoms with Crippen LogP contribution in [0.3, 0.4) is 0 Å². The van der Waals surface area contributed by atoms with E-state index in [0.717, 1.165) is 43.6 Å². The van der Waals surface area contributed by atoms with E-state index >= 15 is 0 Å². The fraction of sp³-hybridized carbons (Fsp3) is 0.565. The van der Waals surface area contributed by atoms with Crippen molar-refractivity contribution in [2.24, 2.45) is 5.92 Å². The molecule has 1 amide bonds. The minimum atomic E-state index is -0.284. The number of rotatable bonds is 3. The minimum absolute atomic E-state index is 0.236. The van der Waals surface area contributed by atoms with Gasteiger partial charge in [0.15, 0.2) is 0 Å². The van der Waals surface area contributed by atoms with E-state index in [1.807, 2.05) is 18.5 Å². The van der Waals surface area contributed by atoms with Crippen LogP contribution >= 0.6 is 0 Å². The van der Waals surface area contributed by atoms with Crippen molar-refractivity contribution in [2.75, 3.05) is 13.1 Å². The normalized spacial score (nSPS) is 32.3. The number of nitrogens with zero attached hydrogens (tertiary/aromatic N) is 4. The van der Waals surface area contributed by atoms with Gasteiger partial charge in [-0.25, -0.2) is 9.07 Å². The Kier molecular flexibility index (Phi) is 3.89. The van der Waals surface area contributed by atoms with Gasteiger partial charge in [-0.2, -0.15) is 5.10 Å². The molecule has 1 spiro atoms. The Balaban J connectivity index is 1.29. The molecule has 29 heavy (non-hydrogen) atoms. The maximum absolute atomic E-state index is 13.6. The lowest BCUT2D eigenvalue weighted by Crippen LogP contribution is -2.51. The predicted molar refractivity (Wildman–Crippen MR) is 107 cm³/mol. The van der Waals surface area contributed by atoms with E-state index in [9.17, 15) is 9.18 Å². The van der Waals surface area contributed by atoms with Crippen LogP contribution in [0.25, 0.3) is 5.69 Å². The third-order valence-corrected chi connectivity index (χ3v) is 7.90. The highest BCUT2D eigenvalue weighted by molar-refractivity contribution is 5.90. The molecule has 152 valence electrons. The number of benzene rings is 1. The number of carbonyl (C=O) groups excluding carboxylic acids is 1. The zero-order chi connectivity index (χ0) is 19.6. The van der Waals surface area contributed by atoms with Gasteiger partial charge in [-0.15, -0.1) is 0 Å². The number of aromatic nitrogens is 2. The highest BCUT2D eigenvalue weighted by atomic mass is 19.1. The molecule has 0 radical (unpaired) electrons. The Morgan fingerprint density at radius 1 is 1.17 bits per heavy atom. The van der Waals surface area contributed by atoms with Gasteiger partial charge in [-0.3, -0.25) is 9.69 Å². The van der Waals surface area contributed by atoms with Crippen LogP contribution in [0.15, 0.2) is 36.7 Å². The zero-order valence-corrected chi connectivity index (χ0v) is 16.6. The Morgan fingerprint density at radius 3 is 2.86 bits per heavy atom. The number of hydrogen-bond donors (Lipinski definition) is 0. The average Bonchev–Trinajstić information content (AvgIpc) is 3.51. The fourth-order valence-electron chi connectivity index (χ4n) is 6.64. The lowest BCUT2D eigenvalue weighted by molar-refractivity contribution is -0.138. The number of halogens is 1. The van der Waals surface area contributed by atoms with Crippen LogP contribution in [0.4, 0.5) is 4.39 Å². The summed E-state index contributed by atoms with van der Waals surface area (Å²) < 4.78 is 15.4. The van der Waals surface area contributed by atoms with Crippen LogP contribution < -0.4 is 0 Å². The van der Waals surface area contributed by atoms with Crippen molar-refractivity contribution in [3.8, 4) is 5.69 Å². The first kappa shape index (κ1) is 17.6. The predicted octanol–water partition coefficient (Wildman–Crippen LogP) is 3.69. The van der Waals surface area contributed by atoms with E-state index < -0.39 is 0 Å². The van der Waals surface area contributed by atoms with Crippen LogP contribution in [0, 0.1) is 11.7 Å². The first-order valence-corrected chi connectivity index (χ1v) is 11.1. The molecule has 3 saturated heterocycles. The molecular formula is C23H27FN4O. The van der Waals surface area contributed by atoms with E-state index in [4.69, 9.17) is 0 Å². The van der Waals surface area contributed by atoms with Crippen LogP contribution in [0.2, 0.25) is 0 Å². The third kappa shape index (κ3) is 2.48. The quantitative estimate of drug-likeness (QED) is 0.797. The SMILES string of the molecule is O=C1N(C2CCCC2)C[C@@H]2C[C@@H](c3cnn(-c4cccc(F)c4)c3)N3CCC[C@@]123. The minimum Gasteiger partial charge on any atom is -0.338 e. The van der Waals surface area contributed by atoms with Gasteiger partial charge in [0.2, 0.25) is 5.91 Å². The molecule has 5 nitrogen and oxygen atoms in total. The maximum atomic E-state index is 13.6. The second kappa shape index (κ2) is 6.39. The largest absolute Gasteiger partial charge is 0.338 e. The van der Waals surface area contributed by atoms with Gasteiger partial charge < -0.3 is 4.90 Å². The van der Waals surface area contributed by atoms with Crippen molar-refractivity contribution >= 4 is 5.91 Å². The zero-order valence-electron chi connectivity index (χ0n) is 16.6. The van der Waals surface area contributed by atoms with E-state index in [1.165, 1.54) is 37.8 Å². The Hall–Kier alpha value is -2.21. The number of amides is 1. The fourth-order valence-corrected chi connectivity index (χ4v) is 6.64. The molecule has 4 heterocycles. The Labute approximate surface area is 170 Å². The van der Waals surface area contributed by atoms with E-state index in [1.54, 1.807) is 10.7 Å². The summed E-state index contributed by atoms with van der Waals surface area (Å²) in [6.07, 6.45) is 11.9. The summed E-state index contributed by atoms with van der Waals surface area (Å²) in [7, 11) is 0. The highest BCUT2D eigenvalue weighted by Gasteiger charge is 2.65. The standard InChI is InChI=1S/C23H27FN4O/c24-18-5-3-8-20(12-18)28-14-16(13-25-28)21-11-17-15-26(19-6-1-2-7-19)22(29)23(17)9-4-10-27(21)23/h3,5,8,12-14,17,19,21H,1-2,4,6-7,9-11,15H2/t17-,21-,23-/m0/s1. The molecule has 3 atom stereocenters. The molecule has 1 aromatic carbocycles. The molecule has 0 N–H and O–H groups in total. The molecule has 4 fully saturated rings. The molecule has 6 rings (SSSR count). The molecule has 0 unspecified atom stereocenters. The summed E-state index contributed by atoms with van der Waals surface area (Å²) in [5.74, 6) is 0.554. The van der Waals surface area contributed by atoms with Gasteiger partial charge >= 0.3 is 0 Å². The summed E-state index contributed by atoms with van der Waals surface area (Å²) in [6.45, 7) is 1.91. The van der Waals surface area contributed by atoms with Crippen molar-refractivity contribution in [3.63, 3.8) is 0 Å². The van der Waals surface area contributed by atoms with Crippen molar-refractivity contribution in [1.82, 2.24) is 19.6 Å². The van der Waals surface area contributed by atoms with Crippen LogP contribution in [0.5, 0.6) is 0 Å². The summed E-state index contributed by atoms with van der Waals surface area (Å²) in [4.78, 5) is 18.4. The molecule has 3 aliphatic heterocycles. The lowest BCUT2D eigenvalue weighted by Gasteiger charge is -2.34. The van der Waals surface area contributed by atoms with Crippen LogP contribution in [0.1, 0.15) is 56.6 Å². The summed E-state index contributed by atoms with van der Waals surface area (Å²) in [5, 5.41) is 4.50. The molecule has 4 aliphatic rings. The topological polar surface area (TPSA) is 41.4 Å². The van der Waals surface area contributed by atoms with E-state index in [-0.39, 0.29) is 17.4 Å². The number of hydrogen-bond acceptors (Lipinski definition) is 3. The van der Waals surface area contributed by atoms with E-state index in [0.29, 0.717) is 17.9 Å². The lowest BCUT2D eigenvalue weighted by atomic mass is 9.85. The molecule has 0 bridgehead atoms. The maximum Gasteiger partial charge on any atom is 0.243 e. The monoisotopic (exact) mass is 394 g/mol. The highest BCUT2D eigenvalue weighted by Crippen LogP contribution is 2.56. The summed E-state index contributed by atoms with van der Waals surface area (Å²) >= 11 is 0. The molecule has 1 aliphatic carbocycles. The van der Waals surface area contributed by atoms with Crippen LogP contribution in [-0.2, 0) is 4.79 Å². The van der Waals surface area contributed by atoms with E-state index in [2.05, 4.69) is 14.9 Å². The van der Waals surface area contributed by atoms with Crippen molar-refractivity contribution in [1.29, 1.82) is 0 Å². The number of likely N-dealkylation sites (tertiary alicyclic amines) is 1. The first-order chi connectivity index (χ1) is 14.2. The second-order valence-electron chi connectivity index (χ2n) is 9.26. The molecule has 2 aromatic rings.